The molecule has 0 bridgehead atoms. The number of sulfone groups is 1. The van der Waals surface area contributed by atoms with Gasteiger partial charge in [0.2, 0.25) is 0 Å². The van der Waals surface area contributed by atoms with E-state index in [1.165, 1.54) is 11.1 Å². The summed E-state index contributed by atoms with van der Waals surface area (Å²) in [7, 11) is -2.96. The number of carbonyl (C=O) groups is 1. The molecule has 1 atom stereocenters. The number of carbonyl (C=O) groups excluding carboxylic acids is 1. The number of benzene rings is 1. The lowest BCUT2D eigenvalue weighted by molar-refractivity contribution is 0.198. The molecule has 1 saturated heterocycles. The van der Waals surface area contributed by atoms with Gasteiger partial charge in [0.05, 0.1) is 11.5 Å². The van der Waals surface area contributed by atoms with Crippen LogP contribution in [0.3, 0.4) is 0 Å². The van der Waals surface area contributed by atoms with Crippen LogP contribution in [-0.4, -0.2) is 50.5 Å². The molecule has 1 fully saturated rings. The molecular weight excluding hydrogens is 312 g/mol. The average Bonchev–Trinajstić information content (AvgIpc) is 2.53. The number of nitrogens with zero attached hydrogens (tertiary/aromatic N) is 1. The Morgan fingerprint density at radius 3 is 2.70 bits per heavy atom. The highest BCUT2D eigenvalue weighted by Gasteiger charge is 2.33. The highest BCUT2D eigenvalue weighted by atomic mass is 32.2. The Hall–Kier alpha value is -1.56. The van der Waals surface area contributed by atoms with Crippen LogP contribution in [0.1, 0.15) is 30.9 Å². The van der Waals surface area contributed by atoms with Gasteiger partial charge >= 0.3 is 6.03 Å². The maximum atomic E-state index is 12.3. The van der Waals surface area contributed by atoms with Crippen molar-refractivity contribution in [2.45, 2.75) is 31.6 Å². The minimum Gasteiger partial charge on any atom is -0.337 e. The number of rotatable bonds is 2. The van der Waals surface area contributed by atoms with Crippen molar-refractivity contribution in [1.82, 2.24) is 10.2 Å². The molecule has 0 aromatic heterocycles. The number of amides is 2. The monoisotopic (exact) mass is 336 g/mol. The van der Waals surface area contributed by atoms with Crippen molar-refractivity contribution in [2.75, 3.05) is 31.1 Å². The van der Waals surface area contributed by atoms with Crippen LogP contribution in [0.25, 0.3) is 0 Å². The second-order valence-electron chi connectivity index (χ2n) is 6.87. The predicted octanol–water partition coefficient (Wildman–Crippen LogP) is 1.72. The van der Waals surface area contributed by atoms with E-state index in [0.29, 0.717) is 19.6 Å². The molecule has 2 aliphatic rings. The number of hydrogen-bond acceptors (Lipinski definition) is 3. The summed E-state index contributed by atoms with van der Waals surface area (Å²) in [5.74, 6) is 0.140. The molecule has 0 radical (unpaired) electrons. The number of urea groups is 1. The van der Waals surface area contributed by atoms with Gasteiger partial charge in [0.25, 0.3) is 0 Å². The van der Waals surface area contributed by atoms with Gasteiger partial charge in [-0.05, 0) is 30.4 Å². The lowest BCUT2D eigenvalue weighted by atomic mass is 9.71. The Kier molecular flexibility index (Phi) is 4.36. The molecule has 1 aliphatic carbocycles. The fourth-order valence-electron chi connectivity index (χ4n) is 3.61. The molecule has 1 N–H and O–H groups in total. The Labute approximate surface area is 138 Å². The minimum atomic E-state index is -2.96. The summed E-state index contributed by atoms with van der Waals surface area (Å²) < 4.78 is 22.9. The standard InChI is InChI=1S/C17H24N2O3S/c1-17(8-4-6-14-5-2-3-7-15(14)17)13-18-16(20)19-9-11-23(21,22)12-10-19/h2-3,5,7H,4,6,8-13H2,1H3,(H,18,20). The zero-order valence-corrected chi connectivity index (χ0v) is 14.4. The highest BCUT2D eigenvalue weighted by Crippen LogP contribution is 2.36. The quantitative estimate of drug-likeness (QED) is 0.894. The third-order valence-electron chi connectivity index (χ3n) is 5.10. The van der Waals surface area contributed by atoms with Crippen LogP contribution in [0.2, 0.25) is 0 Å². The van der Waals surface area contributed by atoms with Crippen molar-refractivity contribution in [3.63, 3.8) is 0 Å². The van der Waals surface area contributed by atoms with Crippen molar-refractivity contribution in [3.8, 4) is 0 Å². The Morgan fingerprint density at radius 2 is 1.96 bits per heavy atom. The smallest absolute Gasteiger partial charge is 0.317 e. The maximum Gasteiger partial charge on any atom is 0.317 e. The van der Waals surface area contributed by atoms with Gasteiger partial charge < -0.3 is 10.2 Å². The van der Waals surface area contributed by atoms with Crippen molar-refractivity contribution in [2.24, 2.45) is 0 Å². The summed E-state index contributed by atoms with van der Waals surface area (Å²) in [5.41, 5.74) is 2.65. The molecule has 1 aromatic carbocycles. The van der Waals surface area contributed by atoms with Crippen molar-refractivity contribution >= 4 is 15.9 Å². The number of aryl methyl sites for hydroxylation is 1. The van der Waals surface area contributed by atoms with E-state index in [9.17, 15) is 13.2 Å². The van der Waals surface area contributed by atoms with Crippen LogP contribution in [-0.2, 0) is 21.7 Å². The fraction of sp³-hybridized carbons (Fsp3) is 0.588. The predicted molar refractivity (Wildman–Crippen MR) is 90.4 cm³/mol. The molecule has 3 rings (SSSR count). The first kappa shape index (κ1) is 16.3. The van der Waals surface area contributed by atoms with E-state index in [2.05, 4.69) is 36.5 Å². The van der Waals surface area contributed by atoms with Crippen molar-refractivity contribution in [1.29, 1.82) is 0 Å². The van der Waals surface area contributed by atoms with Gasteiger partial charge in [-0.3, -0.25) is 0 Å². The summed E-state index contributed by atoms with van der Waals surface area (Å²) in [4.78, 5) is 13.9. The largest absolute Gasteiger partial charge is 0.337 e. The van der Waals surface area contributed by atoms with E-state index in [-0.39, 0.29) is 23.0 Å². The van der Waals surface area contributed by atoms with Crippen LogP contribution in [0.4, 0.5) is 4.79 Å². The summed E-state index contributed by atoms with van der Waals surface area (Å²) >= 11 is 0. The zero-order chi connectivity index (χ0) is 16.5. The summed E-state index contributed by atoms with van der Waals surface area (Å²) in [6, 6.07) is 8.30. The third kappa shape index (κ3) is 3.52. The van der Waals surface area contributed by atoms with Gasteiger partial charge in [-0.15, -0.1) is 0 Å². The summed E-state index contributed by atoms with van der Waals surface area (Å²) in [6.45, 7) is 3.38. The molecule has 0 spiro atoms. The Bertz CT molecular complexity index is 688. The van der Waals surface area contributed by atoms with E-state index < -0.39 is 9.84 Å². The van der Waals surface area contributed by atoms with Crippen LogP contribution in [0, 0.1) is 0 Å². The lowest BCUT2D eigenvalue weighted by Crippen LogP contribution is -2.51. The molecular formula is C17H24N2O3S. The summed E-state index contributed by atoms with van der Waals surface area (Å²) in [5, 5.41) is 3.02. The van der Waals surface area contributed by atoms with Gasteiger partial charge in [-0.1, -0.05) is 31.2 Å². The van der Waals surface area contributed by atoms with E-state index in [0.717, 1.165) is 19.3 Å². The molecule has 1 aliphatic heterocycles. The first-order chi connectivity index (χ1) is 10.9. The molecule has 126 valence electrons. The zero-order valence-electron chi connectivity index (χ0n) is 13.5. The van der Waals surface area contributed by atoms with Gasteiger partial charge in [-0.2, -0.15) is 0 Å². The summed E-state index contributed by atoms with van der Waals surface area (Å²) in [6.07, 6.45) is 3.29. The lowest BCUT2D eigenvalue weighted by Gasteiger charge is -2.37. The van der Waals surface area contributed by atoms with E-state index in [1.807, 2.05) is 0 Å². The van der Waals surface area contributed by atoms with E-state index in [1.54, 1.807) is 4.90 Å². The van der Waals surface area contributed by atoms with E-state index in [4.69, 9.17) is 0 Å². The van der Waals surface area contributed by atoms with Crippen LogP contribution in [0.5, 0.6) is 0 Å². The van der Waals surface area contributed by atoms with Gasteiger partial charge in [-0.25, -0.2) is 13.2 Å². The molecule has 0 saturated carbocycles. The van der Waals surface area contributed by atoms with Gasteiger partial charge in [0.1, 0.15) is 0 Å². The maximum absolute atomic E-state index is 12.3. The number of hydrogen-bond donors (Lipinski definition) is 1. The molecule has 1 aromatic rings. The average molecular weight is 336 g/mol. The van der Waals surface area contributed by atoms with Crippen molar-refractivity contribution in [3.05, 3.63) is 35.4 Å². The SMILES string of the molecule is CC1(CNC(=O)N2CCS(=O)(=O)CC2)CCCc2ccccc21. The van der Waals surface area contributed by atoms with Crippen LogP contribution < -0.4 is 5.32 Å². The number of fused-ring (bicyclic) bond motifs is 1. The highest BCUT2D eigenvalue weighted by molar-refractivity contribution is 7.91. The Morgan fingerprint density at radius 1 is 1.26 bits per heavy atom. The van der Waals surface area contributed by atoms with Gasteiger partial charge in [0, 0.05) is 25.0 Å². The molecule has 2 amide bonds. The number of nitrogens with one attached hydrogen (secondary N) is 1. The van der Waals surface area contributed by atoms with Crippen molar-refractivity contribution < 1.29 is 13.2 Å². The first-order valence-corrected chi connectivity index (χ1v) is 10.0. The minimum absolute atomic E-state index is 0.0492. The van der Waals surface area contributed by atoms with Gasteiger partial charge in [0.15, 0.2) is 9.84 Å². The molecule has 1 unspecified atom stereocenters. The van der Waals surface area contributed by atoms with E-state index >= 15 is 0 Å². The van der Waals surface area contributed by atoms with Crippen LogP contribution in [0.15, 0.2) is 24.3 Å². The Balaban J connectivity index is 1.63. The topological polar surface area (TPSA) is 66.5 Å². The fourth-order valence-corrected chi connectivity index (χ4v) is 4.81. The second-order valence-corrected chi connectivity index (χ2v) is 9.17. The van der Waals surface area contributed by atoms with Crippen LogP contribution >= 0.6 is 0 Å². The second kappa shape index (κ2) is 6.15. The molecule has 23 heavy (non-hydrogen) atoms. The first-order valence-electron chi connectivity index (χ1n) is 8.21. The molecule has 1 heterocycles. The molecule has 6 heteroatoms. The normalized spacial score (nSPS) is 26.4. The third-order valence-corrected chi connectivity index (χ3v) is 6.71. The molecule has 5 nitrogen and oxygen atoms in total.